The summed E-state index contributed by atoms with van der Waals surface area (Å²) in [5, 5.41) is 1.79. The van der Waals surface area contributed by atoms with Gasteiger partial charge in [-0.15, -0.1) is 22.9 Å². The smallest absolute Gasteiger partial charge is 0.138 e. The summed E-state index contributed by atoms with van der Waals surface area (Å²) in [7, 11) is 0. The van der Waals surface area contributed by atoms with E-state index in [9.17, 15) is 4.39 Å². The first-order valence-electron chi connectivity index (χ1n) is 6.18. The average molecular weight is 500 g/mol. The first kappa shape index (κ1) is 15.7. The van der Waals surface area contributed by atoms with Crippen LogP contribution in [0.15, 0.2) is 28.1 Å². The van der Waals surface area contributed by atoms with Crippen molar-refractivity contribution in [2.75, 3.05) is 0 Å². The molecule has 0 bridgehead atoms. The minimum Gasteiger partial charge on any atom is -0.321 e. The van der Waals surface area contributed by atoms with E-state index in [0.29, 0.717) is 10.1 Å². The van der Waals surface area contributed by atoms with Crippen LogP contribution in [0, 0.1) is 9.39 Å². The number of aromatic nitrogens is 2. The Kier molecular flexibility index (Phi) is 4.59. The predicted octanol–water partition coefficient (Wildman–Crippen LogP) is 5.95. The van der Waals surface area contributed by atoms with Crippen molar-refractivity contribution in [3.8, 4) is 0 Å². The zero-order valence-corrected chi connectivity index (χ0v) is 16.2. The first-order valence-corrected chi connectivity index (χ1v) is 9.36. The lowest BCUT2D eigenvalue weighted by Crippen LogP contribution is -2.04. The fraction of sp³-hybridized carbons (Fsp3) is 0.214. The first-order chi connectivity index (χ1) is 9.95. The molecule has 21 heavy (non-hydrogen) atoms. The maximum Gasteiger partial charge on any atom is 0.138 e. The quantitative estimate of drug-likeness (QED) is 0.322. The Hall–Kier alpha value is -0.180. The molecule has 3 rings (SSSR count). The number of hydrogen-bond donors (Lipinski definition) is 0. The molecule has 0 saturated carbocycles. The third kappa shape index (κ3) is 3.13. The highest BCUT2D eigenvalue weighted by molar-refractivity contribution is 14.1. The van der Waals surface area contributed by atoms with Crippen LogP contribution in [0.5, 0.6) is 0 Å². The van der Waals surface area contributed by atoms with Crippen LogP contribution in [-0.4, -0.2) is 9.55 Å². The number of halogens is 4. The van der Waals surface area contributed by atoms with Crippen molar-refractivity contribution in [2.24, 2.45) is 0 Å². The van der Waals surface area contributed by atoms with Gasteiger partial charge in [-0.2, -0.15) is 0 Å². The van der Waals surface area contributed by atoms with Gasteiger partial charge >= 0.3 is 0 Å². The molecule has 7 heteroatoms. The minimum atomic E-state index is -0.235. The van der Waals surface area contributed by atoms with Crippen molar-refractivity contribution in [1.82, 2.24) is 9.55 Å². The molecule has 0 aliphatic carbocycles. The van der Waals surface area contributed by atoms with Gasteiger partial charge in [-0.25, -0.2) is 9.37 Å². The molecule has 0 saturated heterocycles. The van der Waals surface area contributed by atoms with Crippen LogP contribution in [0.2, 0.25) is 0 Å². The lowest BCUT2D eigenvalue weighted by atomic mass is 10.3. The molecule has 0 spiro atoms. The predicted molar refractivity (Wildman–Crippen MR) is 97.8 cm³/mol. The number of nitrogens with zero attached hydrogens (tertiary/aromatic N) is 2. The summed E-state index contributed by atoms with van der Waals surface area (Å²) in [5.41, 5.74) is 1.55. The largest absolute Gasteiger partial charge is 0.321 e. The van der Waals surface area contributed by atoms with Gasteiger partial charge in [0.15, 0.2) is 0 Å². The van der Waals surface area contributed by atoms with Crippen molar-refractivity contribution in [3.05, 3.63) is 48.1 Å². The van der Waals surface area contributed by atoms with E-state index in [1.807, 2.05) is 39.5 Å². The number of fused-ring (bicyclic) bond motifs is 1. The van der Waals surface area contributed by atoms with E-state index < -0.39 is 0 Å². The Bertz CT molecular complexity index is 815. The second kappa shape index (κ2) is 6.14. The highest BCUT2D eigenvalue weighted by Crippen LogP contribution is 2.29. The minimum absolute atomic E-state index is 0.231. The van der Waals surface area contributed by atoms with Crippen LogP contribution in [0.1, 0.15) is 23.0 Å². The standard InChI is InChI=1S/C14H10BrClFIN2S/c1-7(16)14-19-12-4-11(18)10(17)3-13(12)20(14)5-9-2-8(15)6-21-9/h2-4,6-7H,5H2,1H3. The summed E-state index contributed by atoms with van der Waals surface area (Å²) in [4.78, 5) is 5.74. The number of rotatable bonds is 3. The second-order valence-corrected chi connectivity index (χ2v) is 8.39. The van der Waals surface area contributed by atoms with Gasteiger partial charge in [0.1, 0.15) is 11.6 Å². The molecule has 0 aliphatic heterocycles. The third-order valence-corrected chi connectivity index (χ3v) is 5.82. The van der Waals surface area contributed by atoms with Crippen molar-refractivity contribution >= 4 is 72.5 Å². The molecule has 0 aliphatic rings. The Morgan fingerprint density at radius 2 is 2.24 bits per heavy atom. The Labute approximate surface area is 152 Å². The van der Waals surface area contributed by atoms with Crippen molar-refractivity contribution in [3.63, 3.8) is 0 Å². The van der Waals surface area contributed by atoms with Crippen LogP contribution in [0.25, 0.3) is 11.0 Å². The van der Waals surface area contributed by atoms with Crippen LogP contribution in [-0.2, 0) is 6.54 Å². The van der Waals surface area contributed by atoms with Gasteiger partial charge < -0.3 is 4.57 Å². The Morgan fingerprint density at radius 3 is 2.86 bits per heavy atom. The number of imidazole rings is 1. The zero-order chi connectivity index (χ0) is 15.1. The van der Waals surface area contributed by atoms with E-state index in [0.717, 1.165) is 21.3 Å². The number of alkyl halides is 1. The SMILES string of the molecule is CC(Cl)c1nc2cc(I)c(F)cc2n1Cc1cc(Br)cs1. The van der Waals surface area contributed by atoms with E-state index in [1.165, 1.54) is 10.9 Å². The number of thiophene rings is 1. The highest BCUT2D eigenvalue weighted by atomic mass is 127. The van der Waals surface area contributed by atoms with Gasteiger partial charge in [0, 0.05) is 20.8 Å². The van der Waals surface area contributed by atoms with E-state index in [2.05, 4.69) is 27.0 Å². The van der Waals surface area contributed by atoms with Crippen LogP contribution >= 0.6 is 61.5 Å². The topological polar surface area (TPSA) is 17.8 Å². The van der Waals surface area contributed by atoms with E-state index >= 15 is 0 Å². The lowest BCUT2D eigenvalue weighted by Gasteiger charge is -2.09. The number of benzene rings is 1. The fourth-order valence-corrected chi connectivity index (χ4v) is 4.26. The summed E-state index contributed by atoms with van der Waals surface area (Å²) in [5.74, 6) is 0.531. The molecule has 0 fully saturated rings. The van der Waals surface area contributed by atoms with Gasteiger partial charge in [-0.05, 0) is 57.6 Å². The van der Waals surface area contributed by atoms with Gasteiger partial charge in [0.05, 0.1) is 26.5 Å². The molecule has 0 amide bonds. The summed E-state index contributed by atoms with van der Waals surface area (Å²) < 4.78 is 17.5. The normalized spacial score (nSPS) is 13.0. The van der Waals surface area contributed by atoms with Crippen molar-refractivity contribution in [2.45, 2.75) is 18.8 Å². The summed E-state index contributed by atoms with van der Waals surface area (Å²) in [6.07, 6.45) is 0. The van der Waals surface area contributed by atoms with E-state index in [4.69, 9.17) is 11.6 Å². The molecule has 2 heterocycles. The molecular weight excluding hydrogens is 489 g/mol. The fourth-order valence-electron chi connectivity index (χ4n) is 2.20. The molecule has 1 unspecified atom stereocenters. The van der Waals surface area contributed by atoms with Gasteiger partial charge in [0.25, 0.3) is 0 Å². The monoisotopic (exact) mass is 498 g/mol. The summed E-state index contributed by atoms with van der Waals surface area (Å²) in [6, 6.07) is 5.35. The van der Waals surface area contributed by atoms with Crippen molar-refractivity contribution in [1.29, 1.82) is 0 Å². The Morgan fingerprint density at radius 1 is 1.48 bits per heavy atom. The van der Waals surface area contributed by atoms with Gasteiger partial charge in [-0.1, -0.05) is 0 Å². The van der Waals surface area contributed by atoms with Crippen molar-refractivity contribution < 1.29 is 4.39 Å². The molecule has 110 valence electrons. The summed E-state index contributed by atoms with van der Waals surface area (Å²) in [6.45, 7) is 2.52. The van der Waals surface area contributed by atoms with Gasteiger partial charge in [-0.3, -0.25) is 0 Å². The number of hydrogen-bond acceptors (Lipinski definition) is 2. The molecular formula is C14H10BrClFIN2S. The Balaban J connectivity index is 2.17. The molecule has 0 N–H and O–H groups in total. The second-order valence-electron chi connectivity index (χ2n) is 4.66. The molecule has 2 aromatic heterocycles. The summed E-state index contributed by atoms with van der Waals surface area (Å²) >= 11 is 13.3. The molecule has 1 atom stereocenters. The molecule has 3 aromatic rings. The molecule has 1 aromatic carbocycles. The average Bonchev–Trinajstić information content (AvgIpc) is 2.96. The van der Waals surface area contributed by atoms with Gasteiger partial charge in [0.2, 0.25) is 0 Å². The van der Waals surface area contributed by atoms with Crippen LogP contribution < -0.4 is 0 Å². The zero-order valence-electron chi connectivity index (χ0n) is 10.9. The van der Waals surface area contributed by atoms with E-state index in [-0.39, 0.29) is 11.2 Å². The maximum atomic E-state index is 13.9. The molecule has 0 radical (unpaired) electrons. The van der Waals surface area contributed by atoms with E-state index in [1.54, 1.807) is 17.4 Å². The lowest BCUT2D eigenvalue weighted by molar-refractivity contribution is 0.621. The maximum absolute atomic E-state index is 13.9. The highest BCUT2D eigenvalue weighted by Gasteiger charge is 2.17. The van der Waals surface area contributed by atoms with Crippen LogP contribution in [0.3, 0.4) is 0 Å². The third-order valence-electron chi connectivity index (χ3n) is 3.11. The van der Waals surface area contributed by atoms with Crippen LogP contribution in [0.4, 0.5) is 4.39 Å². The molecule has 2 nitrogen and oxygen atoms in total.